The number of hydrogen-bond donors (Lipinski definition) is 2. The van der Waals surface area contributed by atoms with E-state index in [0.717, 1.165) is 0 Å². The number of rotatable bonds is 7. The van der Waals surface area contributed by atoms with E-state index in [2.05, 4.69) is 20.6 Å². The minimum atomic E-state index is -0.378. The normalized spacial score (nSPS) is 10.1. The number of amides is 1. The molecule has 28 heavy (non-hydrogen) atoms. The Morgan fingerprint density at radius 1 is 0.857 bits per heavy atom. The number of hydrogen-bond acceptors (Lipinski definition) is 7. The van der Waals surface area contributed by atoms with E-state index in [0.29, 0.717) is 34.4 Å². The summed E-state index contributed by atoms with van der Waals surface area (Å²) in [7, 11) is 4.69. The largest absolute Gasteiger partial charge is 0.497 e. The molecule has 0 atom stereocenters. The third-order valence-corrected chi connectivity index (χ3v) is 3.93. The predicted octanol–water partition coefficient (Wildman–Crippen LogP) is 3.50. The minimum Gasteiger partial charge on any atom is -0.497 e. The van der Waals surface area contributed by atoms with Gasteiger partial charge < -0.3 is 24.8 Å². The van der Waals surface area contributed by atoms with Gasteiger partial charge in [0.15, 0.2) is 0 Å². The predicted molar refractivity (Wildman–Crippen MR) is 106 cm³/mol. The topological polar surface area (TPSA) is 94.6 Å². The fourth-order valence-corrected chi connectivity index (χ4v) is 2.52. The number of ether oxygens (including phenoxy) is 3. The fraction of sp³-hybridized carbons (Fsp3) is 0.150. The summed E-state index contributed by atoms with van der Waals surface area (Å²) in [5.41, 5.74) is 1.44. The SMILES string of the molecule is COc1ccc(Nc2cc(C(=O)Nc3ccccc3OC)ncn2)c(OC)c1. The molecule has 0 aliphatic rings. The van der Waals surface area contributed by atoms with Gasteiger partial charge in [0.1, 0.15) is 35.1 Å². The molecular weight excluding hydrogens is 360 g/mol. The quantitative estimate of drug-likeness (QED) is 0.648. The van der Waals surface area contributed by atoms with Gasteiger partial charge >= 0.3 is 0 Å². The first-order chi connectivity index (χ1) is 13.6. The average molecular weight is 380 g/mol. The Labute approximate surface area is 162 Å². The molecule has 3 rings (SSSR count). The average Bonchev–Trinajstić information content (AvgIpc) is 2.74. The minimum absolute atomic E-state index is 0.205. The van der Waals surface area contributed by atoms with E-state index in [1.165, 1.54) is 6.33 Å². The number of para-hydroxylation sites is 2. The summed E-state index contributed by atoms with van der Waals surface area (Å²) in [6.07, 6.45) is 1.31. The second kappa shape index (κ2) is 8.72. The summed E-state index contributed by atoms with van der Waals surface area (Å²) in [6.45, 7) is 0. The molecule has 8 nitrogen and oxygen atoms in total. The van der Waals surface area contributed by atoms with Crippen LogP contribution in [0.25, 0.3) is 0 Å². The van der Waals surface area contributed by atoms with Crippen LogP contribution in [0.3, 0.4) is 0 Å². The highest BCUT2D eigenvalue weighted by molar-refractivity contribution is 6.04. The lowest BCUT2D eigenvalue weighted by Gasteiger charge is -2.13. The van der Waals surface area contributed by atoms with Crippen LogP contribution in [-0.2, 0) is 0 Å². The summed E-state index contributed by atoms with van der Waals surface area (Å²) >= 11 is 0. The Kier molecular flexibility index (Phi) is 5.91. The van der Waals surface area contributed by atoms with Crippen molar-refractivity contribution >= 4 is 23.1 Å². The third-order valence-electron chi connectivity index (χ3n) is 3.93. The van der Waals surface area contributed by atoms with E-state index in [-0.39, 0.29) is 11.6 Å². The van der Waals surface area contributed by atoms with Crippen molar-refractivity contribution in [3.05, 3.63) is 60.6 Å². The molecule has 0 aliphatic heterocycles. The molecule has 0 fully saturated rings. The van der Waals surface area contributed by atoms with Crippen LogP contribution < -0.4 is 24.8 Å². The Hall–Kier alpha value is -3.81. The summed E-state index contributed by atoms with van der Waals surface area (Å²) < 4.78 is 15.8. The lowest BCUT2D eigenvalue weighted by atomic mass is 10.2. The smallest absolute Gasteiger partial charge is 0.274 e. The Morgan fingerprint density at radius 2 is 1.64 bits per heavy atom. The molecule has 0 bridgehead atoms. The van der Waals surface area contributed by atoms with Crippen LogP contribution in [0.2, 0.25) is 0 Å². The highest BCUT2D eigenvalue weighted by Crippen LogP contribution is 2.31. The van der Waals surface area contributed by atoms with Gasteiger partial charge in [0.05, 0.1) is 32.7 Å². The van der Waals surface area contributed by atoms with Crippen LogP contribution in [0.1, 0.15) is 10.5 Å². The van der Waals surface area contributed by atoms with Gasteiger partial charge in [-0.25, -0.2) is 9.97 Å². The maximum absolute atomic E-state index is 12.6. The molecule has 0 spiro atoms. The molecule has 2 N–H and O–H groups in total. The maximum Gasteiger partial charge on any atom is 0.274 e. The van der Waals surface area contributed by atoms with Gasteiger partial charge in [-0.1, -0.05) is 12.1 Å². The Balaban J connectivity index is 1.80. The number of carbonyl (C=O) groups is 1. The van der Waals surface area contributed by atoms with E-state index in [1.54, 1.807) is 63.8 Å². The molecule has 1 heterocycles. The first-order valence-corrected chi connectivity index (χ1v) is 8.40. The Morgan fingerprint density at radius 3 is 2.39 bits per heavy atom. The van der Waals surface area contributed by atoms with E-state index < -0.39 is 0 Å². The van der Waals surface area contributed by atoms with Crippen molar-refractivity contribution in [3.8, 4) is 17.2 Å². The molecule has 0 radical (unpaired) electrons. The lowest BCUT2D eigenvalue weighted by Crippen LogP contribution is -2.15. The summed E-state index contributed by atoms with van der Waals surface area (Å²) in [4.78, 5) is 20.8. The van der Waals surface area contributed by atoms with Gasteiger partial charge in [-0.15, -0.1) is 0 Å². The summed E-state index contributed by atoms with van der Waals surface area (Å²) in [5, 5.41) is 5.90. The highest BCUT2D eigenvalue weighted by Gasteiger charge is 2.13. The second-order valence-corrected chi connectivity index (χ2v) is 5.63. The van der Waals surface area contributed by atoms with Crippen LogP contribution >= 0.6 is 0 Å². The monoisotopic (exact) mass is 380 g/mol. The zero-order valence-electron chi connectivity index (χ0n) is 15.7. The lowest BCUT2D eigenvalue weighted by molar-refractivity contribution is 0.102. The van der Waals surface area contributed by atoms with Crippen molar-refractivity contribution in [2.24, 2.45) is 0 Å². The molecule has 1 aromatic heterocycles. The van der Waals surface area contributed by atoms with Crippen LogP contribution in [0.5, 0.6) is 17.2 Å². The summed E-state index contributed by atoms with van der Waals surface area (Å²) in [6, 6.07) is 14.0. The third kappa shape index (κ3) is 4.29. The first-order valence-electron chi connectivity index (χ1n) is 8.40. The van der Waals surface area contributed by atoms with Gasteiger partial charge in [-0.3, -0.25) is 4.79 Å². The zero-order chi connectivity index (χ0) is 19.9. The van der Waals surface area contributed by atoms with Crippen LogP contribution in [0.4, 0.5) is 17.2 Å². The molecule has 144 valence electrons. The van der Waals surface area contributed by atoms with Crippen molar-refractivity contribution in [1.29, 1.82) is 0 Å². The molecule has 0 saturated heterocycles. The number of nitrogens with one attached hydrogen (secondary N) is 2. The molecule has 0 aliphatic carbocycles. The molecule has 8 heteroatoms. The van der Waals surface area contributed by atoms with Gasteiger partial charge in [-0.2, -0.15) is 0 Å². The zero-order valence-corrected chi connectivity index (χ0v) is 15.7. The van der Waals surface area contributed by atoms with Crippen LogP contribution in [0, 0.1) is 0 Å². The molecule has 0 unspecified atom stereocenters. The maximum atomic E-state index is 12.6. The van der Waals surface area contributed by atoms with Crippen molar-refractivity contribution in [2.75, 3.05) is 32.0 Å². The molecule has 0 saturated carbocycles. The molecule has 2 aromatic carbocycles. The van der Waals surface area contributed by atoms with Crippen molar-refractivity contribution in [2.45, 2.75) is 0 Å². The van der Waals surface area contributed by atoms with Gasteiger partial charge in [0.2, 0.25) is 0 Å². The number of anilines is 3. The van der Waals surface area contributed by atoms with E-state index in [1.807, 2.05) is 6.07 Å². The van der Waals surface area contributed by atoms with E-state index in [4.69, 9.17) is 14.2 Å². The highest BCUT2D eigenvalue weighted by atomic mass is 16.5. The fourth-order valence-electron chi connectivity index (χ4n) is 2.52. The second-order valence-electron chi connectivity index (χ2n) is 5.63. The number of aromatic nitrogens is 2. The number of carbonyl (C=O) groups excluding carboxylic acids is 1. The summed E-state index contributed by atoms with van der Waals surface area (Å²) in [5.74, 6) is 1.88. The standard InChI is InChI=1S/C20H20N4O4/c1-26-13-8-9-15(18(10-13)28-3)23-19-11-16(21-12-22-19)20(25)24-14-6-4-5-7-17(14)27-2/h4-12H,1-3H3,(H,24,25)(H,21,22,23). The first kappa shape index (κ1) is 19.0. The molecule has 1 amide bonds. The number of nitrogens with zero attached hydrogens (tertiary/aromatic N) is 2. The van der Waals surface area contributed by atoms with Gasteiger partial charge in [-0.05, 0) is 24.3 Å². The number of methoxy groups -OCH3 is 3. The van der Waals surface area contributed by atoms with E-state index in [9.17, 15) is 4.79 Å². The van der Waals surface area contributed by atoms with E-state index >= 15 is 0 Å². The van der Waals surface area contributed by atoms with Crippen molar-refractivity contribution in [1.82, 2.24) is 9.97 Å². The molecular formula is C20H20N4O4. The van der Waals surface area contributed by atoms with Crippen LogP contribution in [0.15, 0.2) is 54.9 Å². The number of benzene rings is 2. The van der Waals surface area contributed by atoms with Crippen molar-refractivity contribution in [3.63, 3.8) is 0 Å². The van der Waals surface area contributed by atoms with Gasteiger partial charge in [0, 0.05) is 12.1 Å². The van der Waals surface area contributed by atoms with Crippen molar-refractivity contribution < 1.29 is 19.0 Å². The van der Waals surface area contributed by atoms with Crippen LogP contribution in [-0.4, -0.2) is 37.2 Å². The van der Waals surface area contributed by atoms with Gasteiger partial charge in [0.25, 0.3) is 5.91 Å². The Bertz CT molecular complexity index is 978. The molecule has 3 aromatic rings.